The lowest BCUT2D eigenvalue weighted by molar-refractivity contribution is 0.0600. The van der Waals surface area contributed by atoms with Crippen LogP contribution in [-0.4, -0.2) is 43.7 Å². The normalized spacial score (nSPS) is 11.3. The van der Waals surface area contributed by atoms with Crippen molar-refractivity contribution in [2.24, 2.45) is 4.99 Å². The van der Waals surface area contributed by atoms with Gasteiger partial charge in [0.2, 0.25) is 0 Å². The Labute approximate surface area is 158 Å². The third-order valence-corrected chi connectivity index (χ3v) is 4.55. The van der Waals surface area contributed by atoms with Crippen LogP contribution >= 0.6 is 11.3 Å². The molecule has 0 atom stereocenters. The first-order valence-electron chi connectivity index (χ1n) is 8.72. The number of hydrogen-bond donors (Lipinski definition) is 2. The second-order valence-electron chi connectivity index (χ2n) is 5.73. The fourth-order valence-corrected chi connectivity index (χ4v) is 3.04. The van der Waals surface area contributed by atoms with Crippen LogP contribution in [-0.2, 0) is 17.6 Å². The molecule has 6 nitrogen and oxygen atoms in total. The summed E-state index contributed by atoms with van der Waals surface area (Å²) in [5.74, 6) is 0.497. The van der Waals surface area contributed by atoms with E-state index in [1.165, 1.54) is 7.11 Å². The zero-order chi connectivity index (χ0) is 18.8. The number of thiazole rings is 1. The standard InChI is InChI=1S/C19H26N4O2S/c1-4-20-19(22-12-10-17-13-26-14(2)23-17)21-11-9-15-5-7-16(8-6-15)18(24)25-3/h5-8,13H,4,9-12H2,1-3H3,(H2,20,21,22). The Hall–Kier alpha value is -2.41. The highest BCUT2D eigenvalue weighted by molar-refractivity contribution is 7.09. The molecule has 140 valence electrons. The molecule has 0 bridgehead atoms. The van der Waals surface area contributed by atoms with Crippen LogP contribution in [0.3, 0.4) is 0 Å². The van der Waals surface area contributed by atoms with Crippen LogP contribution in [0.4, 0.5) is 0 Å². The van der Waals surface area contributed by atoms with Crippen molar-refractivity contribution in [3.05, 3.63) is 51.5 Å². The third kappa shape index (κ3) is 6.48. The van der Waals surface area contributed by atoms with Crippen molar-refractivity contribution in [3.63, 3.8) is 0 Å². The molecule has 2 rings (SSSR count). The summed E-state index contributed by atoms with van der Waals surface area (Å²) in [6, 6.07) is 7.47. The van der Waals surface area contributed by atoms with Gasteiger partial charge in [0.25, 0.3) is 0 Å². The molecular weight excluding hydrogens is 348 g/mol. The summed E-state index contributed by atoms with van der Waals surface area (Å²) >= 11 is 1.67. The molecule has 0 unspecified atom stereocenters. The third-order valence-electron chi connectivity index (χ3n) is 3.73. The number of nitrogens with one attached hydrogen (secondary N) is 2. The summed E-state index contributed by atoms with van der Waals surface area (Å²) in [5, 5.41) is 9.77. The van der Waals surface area contributed by atoms with Crippen molar-refractivity contribution in [2.45, 2.75) is 26.7 Å². The van der Waals surface area contributed by atoms with Crippen LogP contribution in [0.15, 0.2) is 34.6 Å². The molecule has 7 heteroatoms. The maximum absolute atomic E-state index is 11.4. The lowest BCUT2D eigenvalue weighted by Crippen LogP contribution is -2.38. The van der Waals surface area contributed by atoms with Crippen LogP contribution in [0, 0.1) is 6.92 Å². The zero-order valence-electron chi connectivity index (χ0n) is 15.5. The molecule has 2 N–H and O–H groups in total. The van der Waals surface area contributed by atoms with Gasteiger partial charge in [0.1, 0.15) is 0 Å². The molecule has 0 fully saturated rings. The number of carbonyl (C=O) groups is 1. The van der Waals surface area contributed by atoms with E-state index in [4.69, 9.17) is 4.74 Å². The van der Waals surface area contributed by atoms with E-state index in [0.29, 0.717) is 12.1 Å². The van der Waals surface area contributed by atoms with Crippen molar-refractivity contribution >= 4 is 23.3 Å². The monoisotopic (exact) mass is 374 g/mol. The maximum Gasteiger partial charge on any atom is 0.337 e. The summed E-state index contributed by atoms with van der Waals surface area (Å²) in [6.45, 7) is 6.34. The minimum Gasteiger partial charge on any atom is -0.465 e. The first-order chi connectivity index (χ1) is 12.6. The minimum absolute atomic E-state index is 0.313. The van der Waals surface area contributed by atoms with Gasteiger partial charge in [-0.1, -0.05) is 12.1 Å². The molecular formula is C19H26N4O2S. The van der Waals surface area contributed by atoms with Crippen LogP contribution in [0.1, 0.15) is 33.5 Å². The number of benzene rings is 1. The Bertz CT molecular complexity index is 725. The summed E-state index contributed by atoms with van der Waals surface area (Å²) in [6.07, 6.45) is 1.69. The van der Waals surface area contributed by atoms with Crippen LogP contribution in [0.2, 0.25) is 0 Å². The fourth-order valence-electron chi connectivity index (χ4n) is 2.40. The molecule has 1 heterocycles. The van der Waals surface area contributed by atoms with Crippen LogP contribution < -0.4 is 10.6 Å². The van der Waals surface area contributed by atoms with E-state index >= 15 is 0 Å². The number of ether oxygens (including phenoxy) is 1. The van der Waals surface area contributed by atoms with Gasteiger partial charge in [-0.05, 0) is 38.0 Å². The van der Waals surface area contributed by atoms with Gasteiger partial charge in [-0.3, -0.25) is 4.99 Å². The van der Waals surface area contributed by atoms with E-state index in [2.05, 4.69) is 26.0 Å². The predicted molar refractivity (Wildman–Crippen MR) is 106 cm³/mol. The average Bonchev–Trinajstić information content (AvgIpc) is 3.07. The molecule has 1 aromatic heterocycles. The Morgan fingerprint density at radius 3 is 2.62 bits per heavy atom. The number of hydrogen-bond acceptors (Lipinski definition) is 5. The summed E-state index contributed by atoms with van der Waals surface area (Å²) in [5.41, 5.74) is 2.81. The predicted octanol–water partition coefficient (Wildman–Crippen LogP) is 2.58. The van der Waals surface area contributed by atoms with Crippen molar-refractivity contribution < 1.29 is 9.53 Å². The molecule has 0 saturated carbocycles. The highest BCUT2D eigenvalue weighted by atomic mass is 32.1. The smallest absolute Gasteiger partial charge is 0.337 e. The highest BCUT2D eigenvalue weighted by Crippen LogP contribution is 2.08. The van der Waals surface area contributed by atoms with E-state index in [0.717, 1.165) is 48.2 Å². The summed E-state index contributed by atoms with van der Waals surface area (Å²) < 4.78 is 4.71. The van der Waals surface area contributed by atoms with Gasteiger partial charge in [-0.25, -0.2) is 9.78 Å². The maximum atomic E-state index is 11.4. The van der Waals surface area contributed by atoms with Crippen molar-refractivity contribution in [1.82, 2.24) is 15.6 Å². The number of esters is 1. The second kappa shape index (κ2) is 10.6. The zero-order valence-corrected chi connectivity index (χ0v) is 16.4. The van der Waals surface area contributed by atoms with Gasteiger partial charge in [0.05, 0.1) is 23.4 Å². The van der Waals surface area contributed by atoms with E-state index in [-0.39, 0.29) is 5.97 Å². The SMILES string of the molecule is CCNC(=NCCc1csc(C)n1)NCCc1ccc(C(=O)OC)cc1. The van der Waals surface area contributed by atoms with E-state index < -0.39 is 0 Å². The number of rotatable bonds is 8. The number of aliphatic imine (C=N–C) groups is 1. The molecule has 1 aromatic carbocycles. The van der Waals surface area contributed by atoms with Crippen molar-refractivity contribution in [3.8, 4) is 0 Å². The Morgan fingerprint density at radius 1 is 1.23 bits per heavy atom. The van der Waals surface area contributed by atoms with Gasteiger partial charge in [0.15, 0.2) is 5.96 Å². The second-order valence-corrected chi connectivity index (χ2v) is 6.80. The van der Waals surface area contributed by atoms with Crippen molar-refractivity contribution in [1.29, 1.82) is 0 Å². The van der Waals surface area contributed by atoms with Gasteiger partial charge in [-0.2, -0.15) is 0 Å². The lowest BCUT2D eigenvalue weighted by Gasteiger charge is -2.11. The van der Waals surface area contributed by atoms with Gasteiger partial charge in [-0.15, -0.1) is 11.3 Å². The fraction of sp³-hybridized carbons (Fsp3) is 0.421. The molecule has 0 spiro atoms. The minimum atomic E-state index is -0.313. The summed E-state index contributed by atoms with van der Waals surface area (Å²) in [4.78, 5) is 20.5. The first-order valence-corrected chi connectivity index (χ1v) is 9.60. The van der Waals surface area contributed by atoms with Gasteiger partial charge in [0, 0.05) is 31.4 Å². The molecule has 0 radical (unpaired) electrons. The number of guanidine groups is 1. The molecule has 0 aliphatic rings. The molecule has 0 amide bonds. The number of nitrogens with zero attached hydrogens (tertiary/aromatic N) is 2. The molecule has 2 aromatic rings. The Balaban J connectivity index is 1.79. The average molecular weight is 375 g/mol. The molecule has 0 aliphatic carbocycles. The largest absolute Gasteiger partial charge is 0.465 e. The highest BCUT2D eigenvalue weighted by Gasteiger charge is 2.04. The van der Waals surface area contributed by atoms with Crippen LogP contribution in [0.5, 0.6) is 0 Å². The van der Waals surface area contributed by atoms with Crippen LogP contribution in [0.25, 0.3) is 0 Å². The summed E-state index contributed by atoms with van der Waals surface area (Å²) in [7, 11) is 1.39. The Kier molecular flexibility index (Phi) is 8.08. The topological polar surface area (TPSA) is 75.6 Å². The number of methoxy groups -OCH3 is 1. The van der Waals surface area contributed by atoms with Gasteiger partial charge >= 0.3 is 5.97 Å². The first kappa shape index (κ1) is 19.9. The molecule has 0 saturated heterocycles. The van der Waals surface area contributed by atoms with E-state index in [1.54, 1.807) is 23.5 Å². The lowest BCUT2D eigenvalue weighted by atomic mass is 10.1. The number of aryl methyl sites for hydroxylation is 1. The quantitative estimate of drug-likeness (QED) is 0.422. The number of carbonyl (C=O) groups excluding carboxylic acids is 1. The van der Waals surface area contributed by atoms with Crippen molar-refractivity contribution in [2.75, 3.05) is 26.7 Å². The molecule has 26 heavy (non-hydrogen) atoms. The van der Waals surface area contributed by atoms with E-state index in [9.17, 15) is 4.79 Å². The number of aromatic nitrogens is 1. The van der Waals surface area contributed by atoms with E-state index in [1.807, 2.05) is 26.0 Å². The Morgan fingerprint density at radius 2 is 2.00 bits per heavy atom. The molecule has 0 aliphatic heterocycles. The van der Waals surface area contributed by atoms with Gasteiger partial charge < -0.3 is 15.4 Å².